The molecule has 32 heavy (non-hydrogen) atoms. The molecular weight excluding hydrogens is 430 g/mol. The number of amides is 1. The number of anilines is 1. The zero-order chi connectivity index (χ0) is 23.3. The molecule has 0 saturated heterocycles. The van der Waals surface area contributed by atoms with Gasteiger partial charge < -0.3 is 14.5 Å². The first-order valence-electron chi connectivity index (χ1n) is 9.95. The summed E-state index contributed by atoms with van der Waals surface area (Å²) in [5, 5.41) is 2.86. The minimum Gasteiger partial charge on any atom is -0.497 e. The van der Waals surface area contributed by atoms with Crippen LogP contribution in [0.25, 0.3) is 0 Å². The van der Waals surface area contributed by atoms with Gasteiger partial charge in [0.15, 0.2) is 0 Å². The number of ether oxygens (including phenoxy) is 1. The first-order valence-corrected chi connectivity index (χ1v) is 11.4. The lowest BCUT2D eigenvalue weighted by Crippen LogP contribution is -2.34. The van der Waals surface area contributed by atoms with Gasteiger partial charge in [-0.25, -0.2) is 8.42 Å². The van der Waals surface area contributed by atoms with Crippen molar-refractivity contribution in [3.05, 3.63) is 78.3 Å². The van der Waals surface area contributed by atoms with Crippen molar-refractivity contribution < 1.29 is 22.4 Å². The largest absolute Gasteiger partial charge is 0.497 e. The lowest BCUT2D eigenvalue weighted by Gasteiger charge is -2.23. The minimum absolute atomic E-state index is 0.0265. The summed E-state index contributed by atoms with van der Waals surface area (Å²) < 4.78 is 38.0. The summed E-state index contributed by atoms with van der Waals surface area (Å²) in [6.07, 6.45) is 1.58. The van der Waals surface area contributed by atoms with Gasteiger partial charge in [0.1, 0.15) is 11.5 Å². The zero-order valence-corrected chi connectivity index (χ0v) is 19.3. The highest BCUT2D eigenvalue weighted by Crippen LogP contribution is 2.25. The number of benzene rings is 2. The van der Waals surface area contributed by atoms with Crippen LogP contribution < -0.4 is 14.4 Å². The molecule has 0 fully saturated rings. The maximum absolute atomic E-state index is 13.1. The normalized spacial score (nSPS) is 12.4. The summed E-state index contributed by atoms with van der Waals surface area (Å²) in [6.45, 7) is 0.308. The number of methoxy groups -OCH3 is 1. The van der Waals surface area contributed by atoms with Gasteiger partial charge in [0.2, 0.25) is 0 Å². The third-order valence-electron chi connectivity index (χ3n) is 5.14. The summed E-state index contributed by atoms with van der Waals surface area (Å²) in [7, 11) is 2.93. The Balaban J connectivity index is 1.76. The van der Waals surface area contributed by atoms with Gasteiger partial charge in [-0.05, 0) is 68.7 Å². The maximum atomic E-state index is 13.1. The van der Waals surface area contributed by atoms with E-state index in [9.17, 15) is 13.2 Å². The number of furan rings is 1. The number of rotatable bonds is 9. The monoisotopic (exact) mass is 457 g/mol. The fourth-order valence-corrected chi connectivity index (χ4v) is 4.44. The average Bonchev–Trinajstić information content (AvgIpc) is 3.33. The Labute approximate surface area is 188 Å². The Morgan fingerprint density at radius 1 is 1.06 bits per heavy atom. The van der Waals surface area contributed by atoms with Gasteiger partial charge in [-0.1, -0.05) is 6.07 Å². The topological polar surface area (TPSA) is 92.1 Å². The molecule has 2 aromatic carbocycles. The highest BCUT2D eigenvalue weighted by atomic mass is 32.2. The molecule has 1 aromatic heterocycles. The molecule has 1 N–H and O–H groups in total. The highest BCUT2D eigenvalue weighted by molar-refractivity contribution is 7.92. The van der Waals surface area contributed by atoms with Crippen LogP contribution in [0.4, 0.5) is 5.69 Å². The standard InChI is InChI=1S/C23H27N3O5S/c1-25(2)21(22-9-6-14-31-22)16-24-23(27)17-7-5-8-20(15-17)32(28,29)26(3)18-10-12-19(30-4)13-11-18/h5-15,21H,16H2,1-4H3,(H,24,27). The van der Waals surface area contributed by atoms with Gasteiger partial charge in [-0.15, -0.1) is 0 Å². The second-order valence-electron chi connectivity index (χ2n) is 7.40. The zero-order valence-electron chi connectivity index (χ0n) is 18.5. The summed E-state index contributed by atoms with van der Waals surface area (Å²) in [5.74, 6) is 0.990. The van der Waals surface area contributed by atoms with Gasteiger partial charge >= 0.3 is 0 Å². The fraction of sp³-hybridized carbons (Fsp3) is 0.261. The number of nitrogens with zero attached hydrogens (tertiary/aromatic N) is 2. The van der Waals surface area contributed by atoms with Gasteiger partial charge in [0, 0.05) is 19.2 Å². The van der Waals surface area contributed by atoms with Crippen LogP contribution in [0.15, 0.2) is 76.2 Å². The number of likely N-dealkylation sites (N-methyl/N-ethyl adjacent to an activating group) is 1. The number of carbonyl (C=O) groups excluding carboxylic acids is 1. The molecule has 9 heteroatoms. The second kappa shape index (κ2) is 9.88. The lowest BCUT2D eigenvalue weighted by atomic mass is 10.2. The predicted molar refractivity (Wildman–Crippen MR) is 122 cm³/mol. The SMILES string of the molecule is COc1ccc(N(C)S(=O)(=O)c2cccc(C(=O)NCC(c3ccco3)N(C)C)c2)cc1. The van der Waals surface area contributed by atoms with E-state index < -0.39 is 10.0 Å². The summed E-state index contributed by atoms with van der Waals surface area (Å²) in [6, 6.07) is 16.2. The van der Waals surface area contributed by atoms with Gasteiger partial charge in [-0.2, -0.15) is 0 Å². The van der Waals surface area contributed by atoms with Gasteiger partial charge in [0.05, 0.1) is 30.0 Å². The minimum atomic E-state index is -3.86. The molecule has 1 amide bonds. The van der Waals surface area contributed by atoms with Crippen LogP contribution in [0.1, 0.15) is 22.2 Å². The van der Waals surface area contributed by atoms with Crippen molar-refractivity contribution in [2.75, 3.05) is 39.1 Å². The van der Waals surface area contributed by atoms with E-state index in [0.29, 0.717) is 18.0 Å². The molecule has 3 rings (SSSR count). The molecular formula is C23H27N3O5S. The molecule has 0 saturated carbocycles. The molecule has 1 atom stereocenters. The van der Waals surface area contributed by atoms with Crippen molar-refractivity contribution in [1.82, 2.24) is 10.2 Å². The van der Waals surface area contributed by atoms with Crippen molar-refractivity contribution in [2.24, 2.45) is 0 Å². The Morgan fingerprint density at radius 2 is 1.78 bits per heavy atom. The maximum Gasteiger partial charge on any atom is 0.264 e. The van der Waals surface area contributed by atoms with E-state index in [4.69, 9.17) is 9.15 Å². The van der Waals surface area contributed by atoms with Crippen LogP contribution >= 0.6 is 0 Å². The number of nitrogens with one attached hydrogen (secondary N) is 1. The van der Waals surface area contributed by atoms with Crippen LogP contribution in [-0.4, -0.2) is 54.0 Å². The smallest absolute Gasteiger partial charge is 0.264 e. The van der Waals surface area contributed by atoms with E-state index in [1.165, 1.54) is 23.5 Å². The molecule has 1 heterocycles. The molecule has 8 nitrogen and oxygen atoms in total. The number of carbonyl (C=O) groups is 1. The molecule has 0 aliphatic rings. The van der Waals surface area contributed by atoms with E-state index in [0.717, 1.165) is 5.76 Å². The first kappa shape index (κ1) is 23.4. The van der Waals surface area contributed by atoms with E-state index in [1.807, 2.05) is 25.1 Å². The van der Waals surface area contributed by atoms with Crippen LogP contribution in [0.5, 0.6) is 5.75 Å². The molecule has 0 aliphatic heterocycles. The second-order valence-corrected chi connectivity index (χ2v) is 9.37. The molecule has 0 radical (unpaired) electrons. The Hall–Kier alpha value is -3.30. The number of sulfonamides is 1. The Kier molecular flexibility index (Phi) is 7.22. The molecule has 170 valence electrons. The van der Waals surface area contributed by atoms with Crippen molar-refractivity contribution in [3.8, 4) is 5.75 Å². The molecule has 3 aromatic rings. The van der Waals surface area contributed by atoms with E-state index >= 15 is 0 Å². The third kappa shape index (κ3) is 5.12. The first-order chi connectivity index (χ1) is 15.2. The number of hydrogen-bond donors (Lipinski definition) is 1. The van der Waals surface area contributed by atoms with Gasteiger partial charge in [-0.3, -0.25) is 14.0 Å². The highest BCUT2D eigenvalue weighted by Gasteiger charge is 2.23. The van der Waals surface area contributed by atoms with Crippen molar-refractivity contribution in [1.29, 1.82) is 0 Å². The fourth-order valence-electron chi connectivity index (χ4n) is 3.20. The Bertz CT molecular complexity index is 1140. The van der Waals surface area contributed by atoms with Crippen molar-refractivity contribution >= 4 is 21.6 Å². The molecule has 0 spiro atoms. The van der Waals surface area contributed by atoms with Crippen LogP contribution in [0.2, 0.25) is 0 Å². The molecule has 1 unspecified atom stereocenters. The van der Waals surface area contributed by atoms with Crippen LogP contribution in [-0.2, 0) is 10.0 Å². The van der Waals surface area contributed by atoms with E-state index in [1.54, 1.807) is 55.8 Å². The van der Waals surface area contributed by atoms with Crippen LogP contribution in [0, 0.1) is 0 Å². The van der Waals surface area contributed by atoms with E-state index in [2.05, 4.69) is 5.32 Å². The molecule has 0 aliphatic carbocycles. The Morgan fingerprint density at radius 3 is 2.38 bits per heavy atom. The predicted octanol–water partition coefficient (Wildman–Crippen LogP) is 3.15. The molecule has 0 bridgehead atoms. The lowest BCUT2D eigenvalue weighted by molar-refractivity contribution is 0.0939. The summed E-state index contributed by atoms with van der Waals surface area (Å²) in [4.78, 5) is 14.7. The number of hydrogen-bond acceptors (Lipinski definition) is 6. The van der Waals surface area contributed by atoms with Gasteiger partial charge in [0.25, 0.3) is 15.9 Å². The van der Waals surface area contributed by atoms with Crippen LogP contribution in [0.3, 0.4) is 0 Å². The van der Waals surface area contributed by atoms with Crippen molar-refractivity contribution in [2.45, 2.75) is 10.9 Å². The summed E-state index contributed by atoms with van der Waals surface area (Å²) in [5.41, 5.74) is 0.735. The quantitative estimate of drug-likeness (QED) is 0.531. The third-order valence-corrected chi connectivity index (χ3v) is 6.92. The summed E-state index contributed by atoms with van der Waals surface area (Å²) >= 11 is 0. The van der Waals surface area contributed by atoms with E-state index in [-0.39, 0.29) is 22.4 Å². The van der Waals surface area contributed by atoms with Crippen molar-refractivity contribution in [3.63, 3.8) is 0 Å². The average molecular weight is 458 g/mol.